The normalized spacial score (nSPS) is 22.9. The summed E-state index contributed by atoms with van der Waals surface area (Å²) in [6.45, 7) is 13.0. The van der Waals surface area contributed by atoms with Crippen molar-refractivity contribution in [1.29, 1.82) is 0 Å². The van der Waals surface area contributed by atoms with Crippen LogP contribution in [0.1, 0.15) is 50.4 Å². The zero-order valence-electron chi connectivity index (χ0n) is 12.3. The van der Waals surface area contributed by atoms with Crippen molar-refractivity contribution in [3.8, 4) is 0 Å². The predicted octanol–water partition coefficient (Wildman–Crippen LogP) is 4.12. The average Bonchev–Trinajstić information content (AvgIpc) is 2.54. The highest BCUT2D eigenvalue weighted by molar-refractivity contribution is 5.39. The summed E-state index contributed by atoms with van der Waals surface area (Å²) in [6.07, 6.45) is 0. The van der Waals surface area contributed by atoms with E-state index in [4.69, 9.17) is 5.73 Å². The zero-order chi connectivity index (χ0) is 13.9. The molecular weight excluding hydrogens is 225 g/mol. The van der Waals surface area contributed by atoms with Crippen molar-refractivity contribution in [2.24, 2.45) is 22.5 Å². The van der Waals surface area contributed by atoms with Crippen molar-refractivity contribution in [2.75, 3.05) is 0 Å². The van der Waals surface area contributed by atoms with Crippen LogP contribution in [0.2, 0.25) is 0 Å². The quantitative estimate of drug-likeness (QED) is 0.838. The molecule has 1 atom stereocenters. The van der Waals surface area contributed by atoms with Crippen molar-refractivity contribution < 1.29 is 4.39 Å². The molecule has 2 N–H and O–H groups in total. The number of nitrogens with two attached hydrogens (primary N) is 1. The number of aryl methyl sites for hydroxylation is 2. The van der Waals surface area contributed by atoms with Gasteiger partial charge in [0.15, 0.2) is 0 Å². The van der Waals surface area contributed by atoms with Gasteiger partial charge in [0.05, 0.1) is 0 Å². The zero-order valence-corrected chi connectivity index (χ0v) is 12.3. The molecule has 1 aliphatic rings. The van der Waals surface area contributed by atoms with Gasteiger partial charge < -0.3 is 5.73 Å². The van der Waals surface area contributed by atoms with Gasteiger partial charge in [0.25, 0.3) is 0 Å². The number of halogens is 1. The fraction of sp³-hybridized carbons (Fsp3) is 0.625. The van der Waals surface area contributed by atoms with Crippen LogP contribution in [0.5, 0.6) is 0 Å². The fourth-order valence-corrected chi connectivity index (χ4v) is 3.76. The summed E-state index contributed by atoms with van der Waals surface area (Å²) in [7, 11) is 0. The first-order chi connectivity index (χ1) is 8.10. The first-order valence-electron chi connectivity index (χ1n) is 6.63. The molecule has 1 aliphatic carbocycles. The second kappa shape index (κ2) is 3.80. The maximum Gasteiger partial charge on any atom is 0.123 e. The van der Waals surface area contributed by atoms with Crippen molar-refractivity contribution in [2.45, 2.75) is 47.6 Å². The molecule has 0 aromatic heterocycles. The summed E-state index contributed by atoms with van der Waals surface area (Å²) in [6, 6.07) is 3.17. The van der Waals surface area contributed by atoms with Gasteiger partial charge in [-0.25, -0.2) is 4.39 Å². The summed E-state index contributed by atoms with van der Waals surface area (Å²) in [4.78, 5) is 0. The molecule has 0 spiro atoms. The van der Waals surface area contributed by atoms with Crippen LogP contribution in [-0.4, -0.2) is 0 Å². The molecule has 0 aliphatic heterocycles. The van der Waals surface area contributed by atoms with Gasteiger partial charge in [-0.15, -0.1) is 0 Å². The van der Waals surface area contributed by atoms with Gasteiger partial charge in [-0.3, -0.25) is 0 Å². The lowest BCUT2D eigenvalue weighted by Gasteiger charge is -2.19. The van der Waals surface area contributed by atoms with E-state index in [1.54, 1.807) is 12.1 Å². The minimum atomic E-state index is -0.171. The molecule has 0 heterocycles. The molecule has 1 aromatic carbocycles. The third kappa shape index (κ3) is 1.70. The Morgan fingerprint density at radius 3 is 1.78 bits per heavy atom. The third-order valence-electron chi connectivity index (χ3n) is 5.38. The molecule has 18 heavy (non-hydrogen) atoms. The van der Waals surface area contributed by atoms with Crippen LogP contribution in [0.25, 0.3) is 0 Å². The summed E-state index contributed by atoms with van der Waals surface area (Å²) >= 11 is 0. The van der Waals surface area contributed by atoms with Crippen molar-refractivity contribution in [3.05, 3.63) is 34.6 Å². The average molecular weight is 249 g/mol. The van der Waals surface area contributed by atoms with Crippen LogP contribution in [0.15, 0.2) is 12.1 Å². The van der Waals surface area contributed by atoms with Crippen LogP contribution in [0.3, 0.4) is 0 Å². The second-order valence-electron chi connectivity index (χ2n) is 6.90. The minimum absolute atomic E-state index is 0.00407. The summed E-state index contributed by atoms with van der Waals surface area (Å²) in [5.41, 5.74) is 10.0. The Bertz CT molecular complexity index is 451. The number of benzene rings is 1. The van der Waals surface area contributed by atoms with E-state index in [2.05, 4.69) is 27.7 Å². The van der Waals surface area contributed by atoms with Crippen LogP contribution < -0.4 is 5.73 Å². The molecule has 1 nitrogen and oxygen atoms in total. The second-order valence-corrected chi connectivity index (χ2v) is 6.90. The Kier molecular flexibility index (Phi) is 2.86. The van der Waals surface area contributed by atoms with Crippen LogP contribution >= 0.6 is 0 Å². The van der Waals surface area contributed by atoms with E-state index in [-0.39, 0.29) is 22.7 Å². The van der Waals surface area contributed by atoms with Gasteiger partial charge >= 0.3 is 0 Å². The number of hydrogen-bond acceptors (Lipinski definition) is 1. The van der Waals surface area contributed by atoms with E-state index < -0.39 is 0 Å². The van der Waals surface area contributed by atoms with Gasteiger partial charge in [-0.05, 0) is 59.4 Å². The highest BCUT2D eigenvalue weighted by Crippen LogP contribution is 2.72. The molecule has 2 heteroatoms. The van der Waals surface area contributed by atoms with Crippen LogP contribution in [0.4, 0.5) is 4.39 Å². The van der Waals surface area contributed by atoms with E-state index in [1.807, 2.05) is 13.8 Å². The molecule has 1 aromatic rings. The maximum absolute atomic E-state index is 13.4. The van der Waals surface area contributed by atoms with E-state index in [0.29, 0.717) is 5.92 Å². The Morgan fingerprint density at radius 2 is 1.44 bits per heavy atom. The first-order valence-corrected chi connectivity index (χ1v) is 6.63. The monoisotopic (exact) mass is 249 g/mol. The van der Waals surface area contributed by atoms with Gasteiger partial charge in [0.2, 0.25) is 0 Å². The van der Waals surface area contributed by atoms with Gasteiger partial charge in [-0.2, -0.15) is 0 Å². The first kappa shape index (κ1) is 13.5. The van der Waals surface area contributed by atoms with Crippen molar-refractivity contribution in [3.63, 3.8) is 0 Å². The third-order valence-corrected chi connectivity index (χ3v) is 5.38. The molecule has 2 rings (SSSR count). The molecule has 1 saturated carbocycles. The molecule has 0 radical (unpaired) electrons. The van der Waals surface area contributed by atoms with Crippen LogP contribution in [-0.2, 0) is 0 Å². The predicted molar refractivity (Wildman–Crippen MR) is 73.9 cm³/mol. The van der Waals surface area contributed by atoms with Gasteiger partial charge in [0, 0.05) is 6.04 Å². The summed E-state index contributed by atoms with van der Waals surface area (Å²) in [5.74, 6) is 0.281. The summed E-state index contributed by atoms with van der Waals surface area (Å²) in [5, 5.41) is 0. The van der Waals surface area contributed by atoms with Crippen LogP contribution in [0, 0.1) is 36.4 Å². The Labute approximate surface area is 110 Å². The molecule has 100 valence electrons. The van der Waals surface area contributed by atoms with E-state index in [9.17, 15) is 4.39 Å². The lowest BCUT2D eigenvalue weighted by molar-refractivity contribution is 0.457. The van der Waals surface area contributed by atoms with E-state index in [1.165, 1.54) is 0 Å². The largest absolute Gasteiger partial charge is 0.324 e. The van der Waals surface area contributed by atoms with E-state index in [0.717, 1.165) is 16.7 Å². The number of hydrogen-bond donors (Lipinski definition) is 1. The summed E-state index contributed by atoms with van der Waals surface area (Å²) < 4.78 is 13.4. The minimum Gasteiger partial charge on any atom is -0.324 e. The fourth-order valence-electron chi connectivity index (χ4n) is 3.76. The number of rotatable bonds is 2. The Hall–Kier alpha value is -0.890. The Morgan fingerprint density at radius 1 is 1.06 bits per heavy atom. The maximum atomic E-state index is 13.4. The smallest absolute Gasteiger partial charge is 0.123 e. The standard InChI is InChI=1S/C16H24FN/c1-9-7-11(17)8-10(2)12(9)13(18)14-15(3,4)16(14,5)6/h7-8,13-14H,18H2,1-6H3. The van der Waals surface area contributed by atoms with E-state index >= 15 is 0 Å². The molecule has 0 amide bonds. The van der Waals surface area contributed by atoms with Gasteiger partial charge in [-0.1, -0.05) is 27.7 Å². The highest BCUT2D eigenvalue weighted by atomic mass is 19.1. The molecular formula is C16H24FN. The highest BCUT2D eigenvalue weighted by Gasteiger charge is 2.66. The molecule has 0 bridgehead atoms. The SMILES string of the molecule is Cc1cc(F)cc(C)c1C(N)C1C(C)(C)C1(C)C. The molecule has 1 fully saturated rings. The molecule has 0 saturated heterocycles. The van der Waals surface area contributed by atoms with Crippen molar-refractivity contribution in [1.82, 2.24) is 0 Å². The Balaban J connectivity index is 2.40. The van der Waals surface area contributed by atoms with Gasteiger partial charge in [0.1, 0.15) is 5.82 Å². The topological polar surface area (TPSA) is 26.0 Å². The molecule has 1 unspecified atom stereocenters. The van der Waals surface area contributed by atoms with Crippen molar-refractivity contribution >= 4 is 0 Å². The lowest BCUT2D eigenvalue weighted by Crippen LogP contribution is -2.19. The lowest BCUT2D eigenvalue weighted by atomic mass is 9.90.